The predicted molar refractivity (Wildman–Crippen MR) is 71.0 cm³/mol. The van der Waals surface area contributed by atoms with Gasteiger partial charge in [0.25, 0.3) is 0 Å². The van der Waals surface area contributed by atoms with Crippen molar-refractivity contribution >= 4 is 0 Å². The molecular formula is C15H19NO3. The Balaban J connectivity index is 1.55. The Labute approximate surface area is 113 Å². The summed E-state index contributed by atoms with van der Waals surface area (Å²) < 4.78 is 16.4. The lowest BCUT2D eigenvalue weighted by Crippen LogP contribution is -2.11. The van der Waals surface area contributed by atoms with Crippen molar-refractivity contribution < 1.29 is 14.2 Å². The second-order valence-corrected chi connectivity index (χ2v) is 4.65. The first-order valence-electron chi connectivity index (χ1n) is 6.67. The molecule has 0 amide bonds. The molecule has 1 saturated heterocycles. The quantitative estimate of drug-likeness (QED) is 0.707. The summed E-state index contributed by atoms with van der Waals surface area (Å²) >= 11 is 0. The molecule has 0 spiro atoms. The van der Waals surface area contributed by atoms with Crippen LogP contribution in [-0.2, 0) is 9.47 Å². The molecule has 102 valence electrons. The summed E-state index contributed by atoms with van der Waals surface area (Å²) in [5.41, 5.74) is 0.620. The summed E-state index contributed by atoms with van der Waals surface area (Å²) in [6.45, 7) is 3.79. The van der Waals surface area contributed by atoms with Crippen LogP contribution in [0.5, 0.6) is 5.75 Å². The van der Waals surface area contributed by atoms with E-state index in [2.05, 4.69) is 6.07 Å². The molecule has 1 aromatic carbocycles. The van der Waals surface area contributed by atoms with Gasteiger partial charge in [0.1, 0.15) is 5.75 Å². The minimum Gasteiger partial charge on any atom is -0.493 e. The van der Waals surface area contributed by atoms with Crippen LogP contribution in [0.3, 0.4) is 0 Å². The highest BCUT2D eigenvalue weighted by Crippen LogP contribution is 2.13. The topological polar surface area (TPSA) is 51.5 Å². The van der Waals surface area contributed by atoms with E-state index in [1.807, 2.05) is 12.1 Å². The summed E-state index contributed by atoms with van der Waals surface area (Å²) in [4.78, 5) is 0. The van der Waals surface area contributed by atoms with Crippen LogP contribution in [0.2, 0.25) is 0 Å². The lowest BCUT2D eigenvalue weighted by Gasteiger charge is -2.09. The number of benzene rings is 1. The third-order valence-corrected chi connectivity index (χ3v) is 3.04. The summed E-state index contributed by atoms with van der Waals surface area (Å²) in [5.74, 6) is 1.30. The van der Waals surface area contributed by atoms with Gasteiger partial charge in [0.05, 0.1) is 31.5 Å². The van der Waals surface area contributed by atoms with Crippen molar-refractivity contribution in [1.82, 2.24) is 0 Å². The van der Waals surface area contributed by atoms with Crippen LogP contribution in [0, 0.1) is 17.2 Å². The molecule has 2 rings (SSSR count). The molecule has 0 aromatic heterocycles. The molecule has 1 fully saturated rings. The van der Waals surface area contributed by atoms with E-state index in [4.69, 9.17) is 19.5 Å². The van der Waals surface area contributed by atoms with E-state index in [1.165, 1.54) is 0 Å². The highest BCUT2D eigenvalue weighted by Gasteiger charge is 2.15. The van der Waals surface area contributed by atoms with E-state index in [1.54, 1.807) is 12.1 Å². The summed E-state index contributed by atoms with van der Waals surface area (Å²) in [6, 6.07) is 9.29. The van der Waals surface area contributed by atoms with Gasteiger partial charge in [-0.3, -0.25) is 0 Å². The number of nitriles is 1. The Hall–Kier alpha value is -1.57. The van der Waals surface area contributed by atoms with E-state index in [0.29, 0.717) is 24.7 Å². The van der Waals surface area contributed by atoms with Crippen molar-refractivity contribution in [3.05, 3.63) is 29.8 Å². The van der Waals surface area contributed by atoms with E-state index in [0.717, 1.165) is 38.4 Å². The number of hydrogen-bond donors (Lipinski definition) is 0. The second-order valence-electron chi connectivity index (χ2n) is 4.65. The second kappa shape index (κ2) is 7.78. The highest BCUT2D eigenvalue weighted by atomic mass is 16.5. The maximum atomic E-state index is 8.77. The molecular weight excluding hydrogens is 242 g/mol. The summed E-state index contributed by atoms with van der Waals surface area (Å²) in [6.07, 6.45) is 1.96. The van der Waals surface area contributed by atoms with Gasteiger partial charge in [0, 0.05) is 25.6 Å². The number of nitrogens with zero attached hydrogens (tertiary/aromatic N) is 1. The van der Waals surface area contributed by atoms with Crippen molar-refractivity contribution in [3.8, 4) is 11.8 Å². The van der Waals surface area contributed by atoms with Gasteiger partial charge in [0.15, 0.2) is 0 Å². The first-order valence-corrected chi connectivity index (χ1v) is 6.67. The molecule has 0 aliphatic carbocycles. The number of rotatable bonds is 7. The van der Waals surface area contributed by atoms with Crippen molar-refractivity contribution in [3.63, 3.8) is 0 Å². The minimum absolute atomic E-state index is 0.563. The summed E-state index contributed by atoms with van der Waals surface area (Å²) in [7, 11) is 0. The SMILES string of the molecule is N#Cc1cccc(OCCCOCC2CCOC2)c1. The standard InChI is InChI=1S/C15H19NO3/c16-10-13-3-1-4-15(9-13)19-7-2-6-17-11-14-5-8-18-12-14/h1,3-4,9,14H,2,5-8,11-12H2. The molecule has 1 aromatic rings. The Morgan fingerprint density at radius 1 is 1.37 bits per heavy atom. The molecule has 0 N–H and O–H groups in total. The monoisotopic (exact) mass is 261 g/mol. The van der Waals surface area contributed by atoms with E-state index in [9.17, 15) is 0 Å². The van der Waals surface area contributed by atoms with Crippen molar-refractivity contribution in [2.45, 2.75) is 12.8 Å². The lowest BCUT2D eigenvalue weighted by atomic mass is 10.1. The van der Waals surface area contributed by atoms with Gasteiger partial charge in [-0.05, 0) is 24.6 Å². The zero-order chi connectivity index (χ0) is 13.3. The maximum Gasteiger partial charge on any atom is 0.120 e. The van der Waals surface area contributed by atoms with E-state index >= 15 is 0 Å². The van der Waals surface area contributed by atoms with Crippen LogP contribution in [0.1, 0.15) is 18.4 Å². The van der Waals surface area contributed by atoms with Crippen LogP contribution in [-0.4, -0.2) is 33.0 Å². The van der Waals surface area contributed by atoms with Gasteiger partial charge in [-0.1, -0.05) is 6.07 Å². The molecule has 0 bridgehead atoms. The van der Waals surface area contributed by atoms with Gasteiger partial charge in [0.2, 0.25) is 0 Å². The van der Waals surface area contributed by atoms with Crippen LogP contribution in [0.4, 0.5) is 0 Å². The van der Waals surface area contributed by atoms with Gasteiger partial charge in [-0.2, -0.15) is 5.26 Å². The fraction of sp³-hybridized carbons (Fsp3) is 0.533. The molecule has 4 heteroatoms. The molecule has 0 radical (unpaired) electrons. The van der Waals surface area contributed by atoms with Gasteiger partial charge in [-0.25, -0.2) is 0 Å². The Bertz CT molecular complexity index is 422. The van der Waals surface area contributed by atoms with Crippen LogP contribution in [0.15, 0.2) is 24.3 Å². The number of ether oxygens (including phenoxy) is 3. The first kappa shape index (κ1) is 13.9. The third-order valence-electron chi connectivity index (χ3n) is 3.04. The largest absolute Gasteiger partial charge is 0.493 e. The summed E-state index contributed by atoms with van der Waals surface area (Å²) in [5, 5.41) is 8.77. The highest BCUT2D eigenvalue weighted by molar-refractivity contribution is 5.36. The number of hydrogen-bond acceptors (Lipinski definition) is 4. The molecule has 4 nitrogen and oxygen atoms in total. The van der Waals surface area contributed by atoms with Crippen LogP contribution >= 0.6 is 0 Å². The Morgan fingerprint density at radius 3 is 3.11 bits per heavy atom. The zero-order valence-corrected chi connectivity index (χ0v) is 11.0. The lowest BCUT2D eigenvalue weighted by molar-refractivity contribution is 0.0814. The fourth-order valence-corrected chi connectivity index (χ4v) is 1.97. The Morgan fingerprint density at radius 2 is 2.32 bits per heavy atom. The van der Waals surface area contributed by atoms with E-state index < -0.39 is 0 Å². The fourth-order valence-electron chi connectivity index (χ4n) is 1.97. The molecule has 19 heavy (non-hydrogen) atoms. The maximum absolute atomic E-state index is 8.77. The van der Waals surface area contributed by atoms with Crippen molar-refractivity contribution in [2.24, 2.45) is 5.92 Å². The first-order chi connectivity index (χ1) is 9.38. The van der Waals surface area contributed by atoms with Gasteiger partial charge < -0.3 is 14.2 Å². The smallest absolute Gasteiger partial charge is 0.120 e. The Kier molecular flexibility index (Phi) is 5.67. The van der Waals surface area contributed by atoms with Gasteiger partial charge >= 0.3 is 0 Å². The average Bonchev–Trinajstić information content (AvgIpc) is 2.96. The molecule has 1 aliphatic rings. The molecule has 1 aliphatic heterocycles. The predicted octanol–water partition coefficient (Wildman–Crippen LogP) is 2.38. The van der Waals surface area contributed by atoms with E-state index in [-0.39, 0.29) is 0 Å². The average molecular weight is 261 g/mol. The zero-order valence-electron chi connectivity index (χ0n) is 11.0. The molecule has 1 heterocycles. The van der Waals surface area contributed by atoms with Crippen molar-refractivity contribution in [1.29, 1.82) is 5.26 Å². The van der Waals surface area contributed by atoms with Crippen LogP contribution in [0.25, 0.3) is 0 Å². The van der Waals surface area contributed by atoms with Crippen LogP contribution < -0.4 is 4.74 Å². The normalized spacial score (nSPS) is 18.2. The van der Waals surface area contributed by atoms with Gasteiger partial charge in [-0.15, -0.1) is 0 Å². The molecule has 0 saturated carbocycles. The third kappa shape index (κ3) is 4.90. The van der Waals surface area contributed by atoms with Crippen molar-refractivity contribution in [2.75, 3.05) is 33.0 Å². The minimum atomic E-state index is 0.563. The molecule has 1 atom stereocenters. The molecule has 1 unspecified atom stereocenters.